The Morgan fingerprint density at radius 3 is 1.12 bits per heavy atom. The number of hydrogen-bond acceptors (Lipinski definition) is 12. The molecule has 1 heterocycles. The Kier molecular flexibility index (Phi) is 13.6. The number of anilines is 4. The van der Waals surface area contributed by atoms with Crippen LogP contribution in [0.4, 0.5) is 43.7 Å². The van der Waals surface area contributed by atoms with Gasteiger partial charge in [-0.15, -0.1) is 0 Å². The van der Waals surface area contributed by atoms with Crippen molar-refractivity contribution < 1.29 is 47.9 Å². The predicted molar refractivity (Wildman–Crippen MR) is 172 cm³/mol. The summed E-state index contributed by atoms with van der Waals surface area (Å²) in [5.74, 6) is 0.428. The Labute approximate surface area is 273 Å². The van der Waals surface area contributed by atoms with Crippen LogP contribution >= 0.6 is 0 Å². The first-order valence-corrected chi connectivity index (χ1v) is 14.7. The zero-order valence-corrected chi connectivity index (χ0v) is 25.6. The number of fused-ring (bicyclic) bond motifs is 1. The summed E-state index contributed by atoms with van der Waals surface area (Å²) >= 11 is 0. The second-order valence-electron chi connectivity index (χ2n) is 9.76. The number of nitrogens with zero attached hydrogens (tertiary/aromatic N) is 2. The number of nitro benzene ring substituents is 2. The molecule has 3 aromatic carbocycles. The highest BCUT2D eigenvalue weighted by Crippen LogP contribution is 2.37. The van der Waals surface area contributed by atoms with Crippen LogP contribution in [0.1, 0.15) is 0 Å². The Balaban J connectivity index is 1.55. The first-order valence-electron chi connectivity index (χ1n) is 14.7. The lowest BCUT2D eigenvalue weighted by Crippen LogP contribution is -2.23. The number of benzene rings is 3. The highest BCUT2D eigenvalue weighted by Gasteiger charge is 2.18. The Hall–Kier alpha value is -5.56. The Bertz CT molecular complexity index is 1420. The third kappa shape index (κ3) is 11.7. The minimum Gasteiger partial charge on any atom is -0.487 e. The van der Waals surface area contributed by atoms with E-state index in [0.29, 0.717) is 39.6 Å². The van der Waals surface area contributed by atoms with E-state index >= 15 is 0 Å². The van der Waals surface area contributed by atoms with Gasteiger partial charge in [0, 0.05) is 47.8 Å². The number of carbonyl (C=O) groups is 2. The van der Waals surface area contributed by atoms with Crippen LogP contribution in [-0.2, 0) is 18.9 Å². The fourth-order valence-electron chi connectivity index (χ4n) is 4.08. The lowest BCUT2D eigenvalue weighted by atomic mass is 10.2. The second-order valence-corrected chi connectivity index (χ2v) is 9.76. The van der Waals surface area contributed by atoms with E-state index < -0.39 is 21.9 Å². The monoisotopic (exact) mass is 670 g/mol. The molecule has 18 heteroatoms. The van der Waals surface area contributed by atoms with Crippen LogP contribution in [0.5, 0.6) is 11.5 Å². The lowest BCUT2D eigenvalue weighted by Gasteiger charge is -2.19. The van der Waals surface area contributed by atoms with Crippen molar-refractivity contribution >= 4 is 46.2 Å². The summed E-state index contributed by atoms with van der Waals surface area (Å²) in [6.07, 6.45) is 0. The normalized spacial score (nSPS) is 14.8. The number of urea groups is 2. The van der Waals surface area contributed by atoms with Crippen molar-refractivity contribution in [1.82, 2.24) is 0 Å². The number of carbonyl (C=O) groups excluding carboxylic acids is 2. The van der Waals surface area contributed by atoms with Crippen molar-refractivity contribution in [2.75, 3.05) is 87.3 Å². The van der Waals surface area contributed by atoms with Crippen LogP contribution in [0, 0.1) is 20.2 Å². The number of nitrogens with one attached hydrogen (secondary N) is 4. The third-order valence-electron chi connectivity index (χ3n) is 6.34. The van der Waals surface area contributed by atoms with E-state index in [1.54, 1.807) is 0 Å². The van der Waals surface area contributed by atoms with Crippen molar-refractivity contribution in [3.8, 4) is 11.5 Å². The fraction of sp³-hybridized carbons (Fsp3) is 0.333. The van der Waals surface area contributed by atoms with E-state index in [1.807, 2.05) is 0 Å². The smallest absolute Gasteiger partial charge is 0.323 e. The molecule has 0 bridgehead atoms. The van der Waals surface area contributed by atoms with Crippen molar-refractivity contribution in [3.63, 3.8) is 0 Å². The van der Waals surface area contributed by atoms with Gasteiger partial charge in [0.15, 0.2) is 11.5 Å². The van der Waals surface area contributed by atoms with Gasteiger partial charge in [0.2, 0.25) is 0 Å². The molecular weight excluding hydrogens is 636 g/mol. The average Bonchev–Trinajstić information content (AvgIpc) is 3.06. The summed E-state index contributed by atoms with van der Waals surface area (Å²) in [5, 5.41) is 32.4. The van der Waals surface area contributed by atoms with Gasteiger partial charge in [0.1, 0.15) is 13.2 Å². The first kappa shape index (κ1) is 35.3. The molecule has 0 saturated carbocycles. The quantitative estimate of drug-likeness (QED) is 0.208. The standard InChI is InChI=1S/C30H34N6O12/c37-29(31-21-1-5-23(6-2-21)35(39)40)33-25-19-27-28(20-26(25)34-30(38)32-22-3-7-24(8-4-22)36(41)42)48-18-16-46-14-12-44-10-9-43-11-13-45-15-17-47-27/h1-8,19-20H,9-18H2,(H2,31,33,37)(H2,32,34,38). The number of rotatable bonds is 6. The van der Waals surface area contributed by atoms with Crippen LogP contribution in [0.3, 0.4) is 0 Å². The molecule has 1 aliphatic rings. The maximum Gasteiger partial charge on any atom is 0.323 e. The predicted octanol–water partition coefficient (Wildman–Crippen LogP) is 4.63. The zero-order chi connectivity index (χ0) is 34.1. The van der Waals surface area contributed by atoms with E-state index in [0.717, 1.165) is 0 Å². The molecule has 4 rings (SSSR count). The highest BCUT2D eigenvalue weighted by molar-refractivity contribution is 6.06. The third-order valence-corrected chi connectivity index (χ3v) is 6.34. The molecule has 3 aromatic rings. The molecule has 4 amide bonds. The Morgan fingerprint density at radius 1 is 0.500 bits per heavy atom. The first-order chi connectivity index (χ1) is 23.3. The molecule has 0 radical (unpaired) electrons. The van der Waals surface area contributed by atoms with E-state index in [9.17, 15) is 29.8 Å². The minimum atomic E-state index is -0.734. The van der Waals surface area contributed by atoms with Gasteiger partial charge in [0.05, 0.1) is 74.1 Å². The number of non-ortho nitro benzene ring substituents is 2. The van der Waals surface area contributed by atoms with Crippen LogP contribution in [-0.4, -0.2) is 88.0 Å². The topological polar surface area (TPSA) is 224 Å². The number of nitro groups is 2. The van der Waals surface area contributed by atoms with Crippen LogP contribution < -0.4 is 30.7 Å². The maximum atomic E-state index is 13.0. The molecule has 0 aliphatic carbocycles. The van der Waals surface area contributed by atoms with E-state index in [2.05, 4.69) is 21.3 Å². The van der Waals surface area contributed by atoms with Gasteiger partial charge in [-0.05, 0) is 24.3 Å². The molecule has 4 N–H and O–H groups in total. The van der Waals surface area contributed by atoms with Crippen molar-refractivity contribution in [3.05, 3.63) is 80.9 Å². The summed E-state index contributed by atoms with van der Waals surface area (Å²) in [5.41, 5.74) is 0.433. The van der Waals surface area contributed by atoms with Gasteiger partial charge in [-0.25, -0.2) is 9.59 Å². The van der Waals surface area contributed by atoms with Gasteiger partial charge in [-0.2, -0.15) is 0 Å². The summed E-state index contributed by atoms with van der Waals surface area (Å²) < 4.78 is 33.9. The molecule has 0 saturated heterocycles. The van der Waals surface area contributed by atoms with Gasteiger partial charge >= 0.3 is 12.1 Å². The molecule has 0 spiro atoms. The minimum absolute atomic E-state index is 0.0977. The summed E-state index contributed by atoms with van der Waals surface area (Å²) in [6.45, 7) is 2.89. The summed E-state index contributed by atoms with van der Waals surface area (Å²) in [7, 11) is 0. The molecular formula is C30H34N6O12. The molecule has 1 aliphatic heterocycles. The number of ether oxygens (including phenoxy) is 6. The maximum absolute atomic E-state index is 13.0. The summed E-state index contributed by atoms with van der Waals surface area (Å²) in [6, 6.07) is 11.8. The van der Waals surface area contributed by atoms with E-state index in [1.165, 1.54) is 60.7 Å². The number of amides is 4. The molecule has 48 heavy (non-hydrogen) atoms. The van der Waals surface area contributed by atoms with Gasteiger partial charge < -0.3 is 49.7 Å². The van der Waals surface area contributed by atoms with Gasteiger partial charge in [0.25, 0.3) is 11.4 Å². The van der Waals surface area contributed by atoms with Crippen molar-refractivity contribution in [2.24, 2.45) is 0 Å². The summed E-state index contributed by atoms with van der Waals surface area (Å²) in [4.78, 5) is 46.8. The largest absolute Gasteiger partial charge is 0.487 e. The fourth-order valence-corrected chi connectivity index (χ4v) is 4.08. The van der Waals surface area contributed by atoms with Crippen LogP contribution in [0.2, 0.25) is 0 Å². The second kappa shape index (κ2) is 18.6. The molecule has 0 fully saturated rings. The van der Waals surface area contributed by atoms with Crippen molar-refractivity contribution in [1.29, 1.82) is 0 Å². The molecule has 0 unspecified atom stereocenters. The highest BCUT2D eigenvalue weighted by atomic mass is 16.6. The van der Waals surface area contributed by atoms with Crippen molar-refractivity contribution in [2.45, 2.75) is 0 Å². The average molecular weight is 671 g/mol. The van der Waals surface area contributed by atoms with Crippen LogP contribution in [0.25, 0.3) is 0 Å². The van der Waals surface area contributed by atoms with Gasteiger partial charge in [-0.3, -0.25) is 20.2 Å². The molecule has 256 valence electrons. The number of hydrogen-bond donors (Lipinski definition) is 4. The zero-order valence-electron chi connectivity index (χ0n) is 25.6. The molecule has 18 nitrogen and oxygen atoms in total. The van der Waals surface area contributed by atoms with E-state index in [4.69, 9.17) is 28.4 Å². The lowest BCUT2D eigenvalue weighted by molar-refractivity contribution is -0.385. The Morgan fingerprint density at radius 2 is 0.812 bits per heavy atom. The van der Waals surface area contributed by atoms with Gasteiger partial charge in [-0.1, -0.05) is 0 Å². The molecule has 0 aromatic heterocycles. The molecule has 0 atom stereocenters. The SMILES string of the molecule is O=C(Nc1ccc([N+](=O)[O-])cc1)Nc1cc2c(cc1NC(=O)Nc1ccc([N+](=O)[O-])cc1)OCCOCCOCCOCCOCCO2. The van der Waals surface area contributed by atoms with Crippen LogP contribution in [0.15, 0.2) is 60.7 Å². The van der Waals surface area contributed by atoms with E-state index in [-0.39, 0.29) is 72.1 Å².